The Hall–Kier alpha value is -1.42. The average Bonchev–Trinajstić information content (AvgIpc) is 2.70. The summed E-state index contributed by atoms with van der Waals surface area (Å²) < 4.78 is 0. The lowest BCUT2D eigenvalue weighted by atomic mass is 10.2. The lowest BCUT2D eigenvalue weighted by Gasteiger charge is -2.20. The quantitative estimate of drug-likeness (QED) is 0.772. The van der Waals surface area contributed by atoms with E-state index < -0.39 is 0 Å². The molecule has 1 rings (SSSR count). The van der Waals surface area contributed by atoms with Crippen molar-refractivity contribution < 1.29 is 9.90 Å². The molecule has 2 N–H and O–H groups in total. The summed E-state index contributed by atoms with van der Waals surface area (Å²) in [6.45, 7) is 7.47. The van der Waals surface area contributed by atoms with E-state index in [0.717, 1.165) is 29.8 Å². The van der Waals surface area contributed by atoms with E-state index in [2.05, 4.69) is 18.3 Å². The fourth-order valence-corrected chi connectivity index (χ4v) is 3.04. The van der Waals surface area contributed by atoms with Crippen LogP contribution in [0.25, 0.3) is 0 Å². The fourth-order valence-electron chi connectivity index (χ4n) is 2.01. The van der Waals surface area contributed by atoms with Gasteiger partial charge in [0.15, 0.2) is 0 Å². The zero-order chi connectivity index (χ0) is 15.8. The molecule has 0 radical (unpaired) electrons. The molecule has 0 saturated heterocycles. The van der Waals surface area contributed by atoms with Crippen LogP contribution in [0, 0.1) is 25.2 Å². The van der Waals surface area contributed by atoms with E-state index in [9.17, 15) is 4.79 Å². The number of nitriles is 1. The topological polar surface area (TPSA) is 76.4 Å². The van der Waals surface area contributed by atoms with E-state index in [1.54, 1.807) is 0 Å². The molecule has 0 aromatic carbocycles. The van der Waals surface area contributed by atoms with Crippen molar-refractivity contribution in [2.75, 3.05) is 31.6 Å². The molecular weight excluding hydrogens is 286 g/mol. The molecule has 1 heterocycles. The first-order chi connectivity index (χ1) is 10.0. The van der Waals surface area contributed by atoms with Crippen molar-refractivity contribution in [3.8, 4) is 6.07 Å². The number of hydrogen-bond acceptors (Lipinski definition) is 5. The van der Waals surface area contributed by atoms with Crippen LogP contribution in [-0.4, -0.2) is 42.2 Å². The molecule has 0 unspecified atom stereocenters. The van der Waals surface area contributed by atoms with Crippen LogP contribution < -0.4 is 5.32 Å². The number of nitrogens with one attached hydrogen (secondary N) is 1. The Morgan fingerprint density at radius 3 is 2.71 bits per heavy atom. The molecule has 0 fully saturated rings. The van der Waals surface area contributed by atoms with Crippen LogP contribution in [-0.2, 0) is 4.79 Å². The zero-order valence-corrected chi connectivity index (χ0v) is 13.7. The minimum atomic E-state index is -0.141. The second-order valence-electron chi connectivity index (χ2n) is 5.00. The van der Waals surface area contributed by atoms with E-state index in [-0.39, 0.29) is 19.1 Å². The molecule has 1 aromatic rings. The fraction of sp³-hybridized carbons (Fsp3) is 0.600. The summed E-state index contributed by atoms with van der Waals surface area (Å²) in [5.74, 6) is -0.141. The van der Waals surface area contributed by atoms with Crippen molar-refractivity contribution in [2.24, 2.45) is 0 Å². The normalized spacial score (nSPS) is 10.7. The second-order valence-corrected chi connectivity index (χ2v) is 6.23. The maximum atomic E-state index is 12.1. The number of amides is 1. The monoisotopic (exact) mass is 309 g/mol. The van der Waals surface area contributed by atoms with Gasteiger partial charge in [-0.05, 0) is 32.4 Å². The molecule has 1 amide bonds. The first-order valence-electron chi connectivity index (χ1n) is 7.16. The summed E-state index contributed by atoms with van der Waals surface area (Å²) in [5.41, 5.74) is 1.48. The molecule has 0 spiro atoms. The lowest BCUT2D eigenvalue weighted by Crippen LogP contribution is -2.35. The van der Waals surface area contributed by atoms with Gasteiger partial charge in [0.05, 0.1) is 18.7 Å². The number of aryl methyl sites for hydroxylation is 1. The van der Waals surface area contributed by atoms with Crippen LogP contribution in [0.5, 0.6) is 0 Å². The van der Waals surface area contributed by atoms with E-state index in [1.807, 2.05) is 18.7 Å². The Kier molecular flexibility index (Phi) is 7.37. The first-order valence-corrected chi connectivity index (χ1v) is 7.98. The summed E-state index contributed by atoms with van der Waals surface area (Å²) >= 11 is 1.43. The van der Waals surface area contributed by atoms with Gasteiger partial charge in [-0.25, -0.2) is 0 Å². The van der Waals surface area contributed by atoms with Crippen molar-refractivity contribution in [2.45, 2.75) is 33.6 Å². The third-order valence-electron chi connectivity index (χ3n) is 3.36. The Morgan fingerprint density at radius 1 is 1.43 bits per heavy atom. The van der Waals surface area contributed by atoms with E-state index in [0.29, 0.717) is 17.1 Å². The molecule has 1 aromatic heterocycles. The molecule has 0 aliphatic heterocycles. The number of anilines is 1. The molecule has 0 bridgehead atoms. The Bertz CT molecular complexity index is 520. The van der Waals surface area contributed by atoms with Gasteiger partial charge in [-0.1, -0.05) is 13.3 Å². The summed E-state index contributed by atoms with van der Waals surface area (Å²) in [7, 11) is 0. The van der Waals surface area contributed by atoms with Crippen molar-refractivity contribution in [1.29, 1.82) is 5.26 Å². The predicted molar refractivity (Wildman–Crippen MR) is 85.6 cm³/mol. The number of nitrogens with zero attached hydrogens (tertiary/aromatic N) is 2. The minimum Gasteiger partial charge on any atom is -0.395 e. The van der Waals surface area contributed by atoms with Crippen molar-refractivity contribution in [3.05, 3.63) is 16.0 Å². The van der Waals surface area contributed by atoms with Crippen LogP contribution in [0.2, 0.25) is 0 Å². The highest BCUT2D eigenvalue weighted by molar-refractivity contribution is 7.16. The number of thiophene rings is 1. The molecule has 21 heavy (non-hydrogen) atoms. The number of carbonyl (C=O) groups is 1. The predicted octanol–water partition coefficient (Wildman–Crippen LogP) is 2.27. The van der Waals surface area contributed by atoms with Gasteiger partial charge < -0.3 is 10.4 Å². The molecule has 0 aliphatic carbocycles. The maximum absolute atomic E-state index is 12.1. The highest BCUT2D eigenvalue weighted by atomic mass is 32.1. The van der Waals surface area contributed by atoms with E-state index in [1.165, 1.54) is 11.3 Å². The van der Waals surface area contributed by atoms with Crippen molar-refractivity contribution in [1.82, 2.24) is 4.90 Å². The standard InChI is InChI=1S/C15H23N3O2S/c1-4-5-6-18(7-8-19)10-14(20)17-15-13(9-16)11(2)12(3)21-15/h19H,4-8,10H2,1-3H3,(H,17,20). The number of aliphatic hydroxyl groups is 1. The number of aliphatic hydroxyl groups excluding tert-OH is 1. The largest absolute Gasteiger partial charge is 0.395 e. The first kappa shape index (κ1) is 17.6. The lowest BCUT2D eigenvalue weighted by molar-refractivity contribution is -0.117. The summed E-state index contributed by atoms with van der Waals surface area (Å²) in [6.07, 6.45) is 2.04. The number of unbranched alkanes of at least 4 members (excludes halogenated alkanes) is 1. The number of rotatable bonds is 8. The molecule has 0 saturated carbocycles. The smallest absolute Gasteiger partial charge is 0.239 e. The molecule has 0 atom stereocenters. The van der Waals surface area contributed by atoms with Gasteiger partial charge in [-0.15, -0.1) is 11.3 Å². The van der Waals surface area contributed by atoms with Gasteiger partial charge in [0, 0.05) is 11.4 Å². The third-order valence-corrected chi connectivity index (χ3v) is 4.48. The maximum Gasteiger partial charge on any atom is 0.239 e. The van der Waals surface area contributed by atoms with E-state index >= 15 is 0 Å². The van der Waals surface area contributed by atoms with Gasteiger partial charge in [0.2, 0.25) is 5.91 Å². The van der Waals surface area contributed by atoms with Crippen molar-refractivity contribution in [3.63, 3.8) is 0 Å². The SMILES string of the molecule is CCCCN(CCO)CC(=O)Nc1sc(C)c(C)c1C#N. The summed E-state index contributed by atoms with van der Waals surface area (Å²) in [4.78, 5) is 15.1. The molecular formula is C15H23N3O2S. The third kappa shape index (κ3) is 5.12. The molecule has 5 nitrogen and oxygen atoms in total. The summed E-state index contributed by atoms with van der Waals surface area (Å²) in [6, 6.07) is 2.14. The van der Waals surface area contributed by atoms with Crippen LogP contribution in [0.1, 0.15) is 35.8 Å². The van der Waals surface area contributed by atoms with Crippen LogP contribution in [0.15, 0.2) is 0 Å². The van der Waals surface area contributed by atoms with Crippen LogP contribution >= 0.6 is 11.3 Å². The Morgan fingerprint density at radius 2 is 2.14 bits per heavy atom. The average molecular weight is 309 g/mol. The van der Waals surface area contributed by atoms with Crippen LogP contribution in [0.3, 0.4) is 0 Å². The molecule has 116 valence electrons. The van der Waals surface area contributed by atoms with Gasteiger partial charge >= 0.3 is 0 Å². The Balaban J connectivity index is 2.68. The highest BCUT2D eigenvalue weighted by Crippen LogP contribution is 2.31. The van der Waals surface area contributed by atoms with Gasteiger partial charge in [-0.3, -0.25) is 9.69 Å². The van der Waals surface area contributed by atoms with Gasteiger partial charge in [0.1, 0.15) is 11.1 Å². The summed E-state index contributed by atoms with van der Waals surface area (Å²) in [5, 5.41) is 21.7. The van der Waals surface area contributed by atoms with Gasteiger partial charge in [0.25, 0.3) is 0 Å². The zero-order valence-electron chi connectivity index (χ0n) is 12.9. The molecule has 6 heteroatoms. The molecule has 0 aliphatic rings. The number of hydrogen-bond donors (Lipinski definition) is 2. The van der Waals surface area contributed by atoms with Crippen molar-refractivity contribution >= 4 is 22.2 Å². The van der Waals surface area contributed by atoms with E-state index in [4.69, 9.17) is 10.4 Å². The minimum absolute atomic E-state index is 0.0393. The van der Waals surface area contributed by atoms with Crippen LogP contribution in [0.4, 0.5) is 5.00 Å². The second kappa shape index (κ2) is 8.78. The highest BCUT2D eigenvalue weighted by Gasteiger charge is 2.16. The number of carbonyl (C=O) groups excluding carboxylic acids is 1. The Labute approximate surface area is 130 Å². The van der Waals surface area contributed by atoms with Gasteiger partial charge in [-0.2, -0.15) is 5.26 Å².